The van der Waals surface area contributed by atoms with Crippen molar-refractivity contribution in [2.24, 2.45) is 0 Å². The normalized spacial score (nSPS) is 15.6. The smallest absolute Gasteiger partial charge is 0.149 e. The molecule has 0 unspecified atom stereocenters. The fourth-order valence-corrected chi connectivity index (χ4v) is 2.49. The summed E-state index contributed by atoms with van der Waals surface area (Å²) in [4.78, 5) is 10.8. The summed E-state index contributed by atoms with van der Waals surface area (Å²) in [6.07, 6.45) is 5.36. The molecular formula is C16H21N5O. The molecule has 1 aliphatic heterocycles. The van der Waals surface area contributed by atoms with E-state index in [0.717, 1.165) is 56.3 Å². The van der Waals surface area contributed by atoms with Gasteiger partial charge in [0.1, 0.15) is 5.82 Å². The minimum absolute atomic E-state index is 0.663. The van der Waals surface area contributed by atoms with E-state index in [9.17, 15) is 0 Å². The van der Waals surface area contributed by atoms with Crippen LogP contribution in [0, 0.1) is 0 Å². The summed E-state index contributed by atoms with van der Waals surface area (Å²) in [6.45, 7) is 5.42. The van der Waals surface area contributed by atoms with Crippen molar-refractivity contribution in [3.63, 3.8) is 0 Å². The first-order valence-corrected chi connectivity index (χ1v) is 7.53. The van der Waals surface area contributed by atoms with E-state index in [2.05, 4.69) is 20.2 Å². The lowest BCUT2D eigenvalue weighted by Crippen LogP contribution is -2.39. The Bertz CT molecular complexity index is 599. The van der Waals surface area contributed by atoms with Gasteiger partial charge in [0.25, 0.3) is 0 Å². The predicted octanol–water partition coefficient (Wildman–Crippen LogP) is 1.47. The van der Waals surface area contributed by atoms with Crippen LogP contribution in [0.5, 0.6) is 0 Å². The van der Waals surface area contributed by atoms with Crippen molar-refractivity contribution in [2.75, 3.05) is 50.4 Å². The third kappa shape index (κ3) is 3.72. The van der Waals surface area contributed by atoms with E-state index in [-0.39, 0.29) is 0 Å². The Morgan fingerprint density at radius 1 is 1.18 bits per heavy atom. The monoisotopic (exact) mass is 299 g/mol. The van der Waals surface area contributed by atoms with Gasteiger partial charge in [-0.15, -0.1) is 0 Å². The van der Waals surface area contributed by atoms with Crippen molar-refractivity contribution in [2.45, 2.75) is 0 Å². The molecule has 1 saturated heterocycles. The molecule has 2 aromatic heterocycles. The maximum atomic E-state index is 6.10. The molecule has 0 aromatic carbocycles. The van der Waals surface area contributed by atoms with Crippen LogP contribution in [0.2, 0.25) is 0 Å². The number of hydrogen-bond donors (Lipinski definition) is 2. The SMILES string of the molecule is Nc1cc(-c2ccncc2)cnc1NCCN1CCOCC1. The average molecular weight is 299 g/mol. The highest BCUT2D eigenvalue weighted by atomic mass is 16.5. The van der Waals surface area contributed by atoms with Crippen LogP contribution in [0.3, 0.4) is 0 Å². The molecule has 1 aliphatic rings. The lowest BCUT2D eigenvalue weighted by atomic mass is 10.1. The van der Waals surface area contributed by atoms with Crippen LogP contribution in [0.1, 0.15) is 0 Å². The molecule has 0 atom stereocenters. The van der Waals surface area contributed by atoms with Crippen LogP contribution < -0.4 is 11.1 Å². The van der Waals surface area contributed by atoms with Crippen LogP contribution in [0.15, 0.2) is 36.8 Å². The molecule has 3 rings (SSSR count). The molecule has 0 bridgehead atoms. The number of ether oxygens (including phenoxy) is 1. The Kier molecular flexibility index (Phi) is 4.82. The van der Waals surface area contributed by atoms with Gasteiger partial charge in [-0.3, -0.25) is 9.88 Å². The van der Waals surface area contributed by atoms with Crippen molar-refractivity contribution in [3.8, 4) is 11.1 Å². The fourth-order valence-electron chi connectivity index (χ4n) is 2.49. The molecule has 0 spiro atoms. The summed E-state index contributed by atoms with van der Waals surface area (Å²) in [5.41, 5.74) is 8.83. The van der Waals surface area contributed by atoms with Gasteiger partial charge in [0, 0.05) is 50.3 Å². The van der Waals surface area contributed by atoms with E-state index in [0.29, 0.717) is 5.69 Å². The lowest BCUT2D eigenvalue weighted by molar-refractivity contribution is 0.0398. The van der Waals surface area contributed by atoms with Crippen LogP contribution in [0.25, 0.3) is 11.1 Å². The number of aromatic nitrogens is 2. The van der Waals surface area contributed by atoms with Crippen LogP contribution in [-0.2, 0) is 4.74 Å². The Hall–Kier alpha value is -2.18. The highest BCUT2D eigenvalue weighted by molar-refractivity contribution is 5.72. The molecule has 3 heterocycles. The Morgan fingerprint density at radius 3 is 2.68 bits per heavy atom. The first-order chi connectivity index (χ1) is 10.8. The van der Waals surface area contributed by atoms with E-state index in [1.54, 1.807) is 12.4 Å². The first-order valence-electron chi connectivity index (χ1n) is 7.53. The second-order valence-corrected chi connectivity index (χ2v) is 5.28. The van der Waals surface area contributed by atoms with Crippen molar-refractivity contribution in [1.29, 1.82) is 0 Å². The van der Waals surface area contributed by atoms with Crippen LogP contribution in [-0.4, -0.2) is 54.3 Å². The molecule has 0 amide bonds. The number of nitrogens with zero attached hydrogens (tertiary/aromatic N) is 3. The fraction of sp³-hybridized carbons (Fsp3) is 0.375. The van der Waals surface area contributed by atoms with Gasteiger partial charge in [0.05, 0.1) is 18.9 Å². The molecule has 0 aliphatic carbocycles. The van der Waals surface area contributed by atoms with Crippen molar-refractivity contribution in [3.05, 3.63) is 36.8 Å². The van der Waals surface area contributed by atoms with E-state index in [1.165, 1.54) is 0 Å². The summed E-state index contributed by atoms with van der Waals surface area (Å²) in [5.74, 6) is 0.742. The average Bonchev–Trinajstić information content (AvgIpc) is 2.58. The second kappa shape index (κ2) is 7.20. The van der Waals surface area contributed by atoms with Crippen molar-refractivity contribution in [1.82, 2.24) is 14.9 Å². The summed E-state index contributed by atoms with van der Waals surface area (Å²) < 4.78 is 5.34. The largest absolute Gasteiger partial charge is 0.396 e. The highest BCUT2D eigenvalue weighted by Gasteiger charge is 2.10. The van der Waals surface area contributed by atoms with Gasteiger partial charge in [-0.1, -0.05) is 0 Å². The summed E-state index contributed by atoms with van der Waals surface area (Å²) >= 11 is 0. The molecule has 2 aromatic rings. The Morgan fingerprint density at radius 2 is 1.95 bits per heavy atom. The first kappa shape index (κ1) is 14.7. The minimum atomic E-state index is 0.663. The summed E-state index contributed by atoms with van der Waals surface area (Å²) in [6, 6.07) is 5.84. The topological polar surface area (TPSA) is 76.3 Å². The number of morpholine rings is 1. The Balaban J connectivity index is 1.58. The zero-order valence-electron chi connectivity index (χ0n) is 12.5. The van der Waals surface area contributed by atoms with Gasteiger partial charge in [0.2, 0.25) is 0 Å². The molecule has 0 saturated carbocycles. The third-order valence-corrected chi connectivity index (χ3v) is 3.76. The molecule has 0 radical (unpaired) electrons. The zero-order chi connectivity index (χ0) is 15.2. The van der Waals surface area contributed by atoms with Gasteiger partial charge in [-0.2, -0.15) is 0 Å². The second-order valence-electron chi connectivity index (χ2n) is 5.28. The van der Waals surface area contributed by atoms with E-state index < -0.39 is 0 Å². The predicted molar refractivity (Wildman–Crippen MR) is 87.6 cm³/mol. The highest BCUT2D eigenvalue weighted by Crippen LogP contribution is 2.23. The number of pyridine rings is 2. The maximum absolute atomic E-state index is 6.10. The zero-order valence-corrected chi connectivity index (χ0v) is 12.5. The van der Waals surface area contributed by atoms with Crippen molar-refractivity contribution >= 4 is 11.5 Å². The molecule has 3 N–H and O–H groups in total. The maximum Gasteiger partial charge on any atom is 0.149 e. The van der Waals surface area contributed by atoms with Gasteiger partial charge >= 0.3 is 0 Å². The number of nitrogens with two attached hydrogens (primary N) is 1. The number of rotatable bonds is 5. The van der Waals surface area contributed by atoms with E-state index in [1.807, 2.05) is 24.4 Å². The van der Waals surface area contributed by atoms with Crippen LogP contribution >= 0.6 is 0 Å². The van der Waals surface area contributed by atoms with Gasteiger partial charge in [-0.25, -0.2) is 4.98 Å². The van der Waals surface area contributed by atoms with E-state index >= 15 is 0 Å². The summed E-state index contributed by atoms with van der Waals surface area (Å²) in [5, 5.41) is 3.31. The third-order valence-electron chi connectivity index (χ3n) is 3.76. The van der Waals surface area contributed by atoms with E-state index in [4.69, 9.17) is 10.5 Å². The van der Waals surface area contributed by atoms with Gasteiger partial charge in [-0.05, 0) is 23.8 Å². The number of hydrogen-bond acceptors (Lipinski definition) is 6. The molecule has 22 heavy (non-hydrogen) atoms. The molecule has 6 nitrogen and oxygen atoms in total. The van der Waals surface area contributed by atoms with Crippen molar-refractivity contribution < 1.29 is 4.74 Å². The van der Waals surface area contributed by atoms with Crippen LogP contribution in [0.4, 0.5) is 11.5 Å². The molecule has 6 heteroatoms. The Labute approximate surface area is 130 Å². The minimum Gasteiger partial charge on any atom is -0.396 e. The molecule has 116 valence electrons. The standard InChI is InChI=1S/C16H21N5O/c17-15-11-14(13-1-3-18-4-2-13)12-20-16(15)19-5-6-21-7-9-22-10-8-21/h1-4,11-12H,5-10,17H2,(H,19,20). The number of nitrogens with one attached hydrogen (secondary N) is 1. The summed E-state index contributed by atoms with van der Waals surface area (Å²) in [7, 11) is 0. The van der Waals surface area contributed by atoms with Gasteiger partial charge in [0.15, 0.2) is 0 Å². The molecular weight excluding hydrogens is 278 g/mol. The lowest BCUT2D eigenvalue weighted by Gasteiger charge is -2.26. The van der Waals surface area contributed by atoms with Gasteiger partial charge < -0.3 is 15.8 Å². The number of nitrogen functional groups attached to an aromatic ring is 1. The quantitative estimate of drug-likeness (QED) is 0.870. The molecule has 1 fully saturated rings. The number of anilines is 2.